The van der Waals surface area contributed by atoms with E-state index >= 15 is 0 Å². The maximum atomic E-state index is 13.4. The number of para-hydroxylation sites is 1. The standard InChI is InChI=1S/C24H30FN3O2/c1-4-15-27(16-18(3)29)17-22-23(5-2)26-28(20-9-7-6-8-10-20)24(22)30-21-13-11-19(25)12-14-21/h6-14,18,29H,4-5,15-17H2,1-3H3/t18-/m1/s1. The van der Waals surface area contributed by atoms with Gasteiger partial charge in [-0.25, -0.2) is 9.07 Å². The number of benzene rings is 2. The quantitative estimate of drug-likeness (QED) is 0.512. The second-order valence-electron chi connectivity index (χ2n) is 7.47. The summed E-state index contributed by atoms with van der Waals surface area (Å²) in [7, 11) is 0. The number of aromatic nitrogens is 2. The van der Waals surface area contributed by atoms with Crippen molar-refractivity contribution in [3.05, 3.63) is 71.7 Å². The largest absolute Gasteiger partial charge is 0.439 e. The molecule has 1 heterocycles. The second-order valence-corrected chi connectivity index (χ2v) is 7.47. The van der Waals surface area contributed by atoms with Gasteiger partial charge in [0.1, 0.15) is 11.6 Å². The van der Waals surface area contributed by atoms with E-state index in [9.17, 15) is 9.50 Å². The van der Waals surface area contributed by atoms with Crippen molar-refractivity contribution < 1.29 is 14.2 Å². The fraction of sp³-hybridized carbons (Fsp3) is 0.375. The third-order valence-corrected chi connectivity index (χ3v) is 4.83. The second kappa shape index (κ2) is 10.4. The third-order valence-electron chi connectivity index (χ3n) is 4.83. The molecule has 0 aliphatic carbocycles. The molecule has 0 saturated carbocycles. The molecular formula is C24H30FN3O2. The maximum Gasteiger partial charge on any atom is 0.227 e. The first kappa shape index (κ1) is 22.0. The van der Waals surface area contributed by atoms with E-state index in [1.165, 1.54) is 12.1 Å². The van der Waals surface area contributed by atoms with E-state index in [1.54, 1.807) is 19.1 Å². The van der Waals surface area contributed by atoms with E-state index < -0.39 is 6.10 Å². The molecule has 0 radical (unpaired) electrons. The molecule has 160 valence electrons. The Morgan fingerprint density at radius 1 is 1.10 bits per heavy atom. The monoisotopic (exact) mass is 411 g/mol. The van der Waals surface area contributed by atoms with E-state index in [4.69, 9.17) is 9.84 Å². The highest BCUT2D eigenvalue weighted by molar-refractivity contribution is 5.43. The minimum absolute atomic E-state index is 0.306. The van der Waals surface area contributed by atoms with Crippen LogP contribution in [0.1, 0.15) is 38.4 Å². The zero-order chi connectivity index (χ0) is 21.5. The maximum absolute atomic E-state index is 13.4. The number of aliphatic hydroxyl groups excluding tert-OH is 1. The number of ether oxygens (including phenoxy) is 1. The van der Waals surface area contributed by atoms with Crippen molar-refractivity contribution in [2.75, 3.05) is 13.1 Å². The van der Waals surface area contributed by atoms with Crippen LogP contribution in [0.3, 0.4) is 0 Å². The first-order chi connectivity index (χ1) is 14.5. The van der Waals surface area contributed by atoms with E-state index in [1.807, 2.05) is 35.0 Å². The molecular weight excluding hydrogens is 381 g/mol. The van der Waals surface area contributed by atoms with Gasteiger partial charge in [-0.2, -0.15) is 5.10 Å². The SMILES string of the molecule is CCCN(Cc1c(CC)nn(-c2ccccc2)c1Oc1ccc(F)cc1)C[C@@H](C)O. The lowest BCUT2D eigenvalue weighted by molar-refractivity contribution is 0.122. The van der Waals surface area contributed by atoms with Crippen LogP contribution < -0.4 is 4.74 Å². The molecule has 1 atom stereocenters. The summed E-state index contributed by atoms with van der Waals surface area (Å²) in [4.78, 5) is 2.22. The molecule has 5 nitrogen and oxygen atoms in total. The minimum Gasteiger partial charge on any atom is -0.439 e. The van der Waals surface area contributed by atoms with E-state index in [-0.39, 0.29) is 5.82 Å². The summed E-state index contributed by atoms with van der Waals surface area (Å²) in [5, 5.41) is 14.8. The summed E-state index contributed by atoms with van der Waals surface area (Å²) in [5.41, 5.74) is 2.83. The molecule has 0 fully saturated rings. The Hall–Kier alpha value is -2.70. The van der Waals surface area contributed by atoms with Gasteiger partial charge in [0.15, 0.2) is 0 Å². The fourth-order valence-corrected chi connectivity index (χ4v) is 3.53. The summed E-state index contributed by atoms with van der Waals surface area (Å²) < 4.78 is 21.5. The summed E-state index contributed by atoms with van der Waals surface area (Å²) in [5.74, 6) is 0.866. The highest BCUT2D eigenvalue weighted by Crippen LogP contribution is 2.32. The Balaban J connectivity index is 2.06. The number of hydrogen-bond donors (Lipinski definition) is 1. The number of rotatable bonds is 10. The van der Waals surface area contributed by atoms with Crippen LogP contribution in [0.4, 0.5) is 4.39 Å². The van der Waals surface area contributed by atoms with Gasteiger partial charge >= 0.3 is 0 Å². The molecule has 1 aromatic heterocycles. The first-order valence-corrected chi connectivity index (χ1v) is 10.5. The number of aryl methyl sites for hydroxylation is 1. The van der Waals surface area contributed by atoms with Crippen LogP contribution in [0.5, 0.6) is 11.6 Å². The summed E-state index contributed by atoms with van der Waals surface area (Å²) in [6, 6.07) is 15.8. The van der Waals surface area contributed by atoms with Crippen molar-refractivity contribution in [1.29, 1.82) is 0 Å². The lowest BCUT2D eigenvalue weighted by Gasteiger charge is -2.23. The highest BCUT2D eigenvalue weighted by atomic mass is 19.1. The van der Waals surface area contributed by atoms with Crippen molar-refractivity contribution in [1.82, 2.24) is 14.7 Å². The normalized spacial score (nSPS) is 12.3. The van der Waals surface area contributed by atoms with Crippen molar-refractivity contribution >= 4 is 0 Å². The Morgan fingerprint density at radius 3 is 2.40 bits per heavy atom. The van der Waals surface area contributed by atoms with Gasteiger partial charge < -0.3 is 9.84 Å². The van der Waals surface area contributed by atoms with Crippen LogP contribution >= 0.6 is 0 Å². The Morgan fingerprint density at radius 2 is 1.80 bits per heavy atom. The van der Waals surface area contributed by atoms with E-state index in [2.05, 4.69) is 18.7 Å². The number of halogens is 1. The van der Waals surface area contributed by atoms with Crippen LogP contribution in [-0.2, 0) is 13.0 Å². The molecule has 0 spiro atoms. The van der Waals surface area contributed by atoms with Crippen LogP contribution in [0.15, 0.2) is 54.6 Å². The van der Waals surface area contributed by atoms with Gasteiger partial charge in [-0.05, 0) is 62.7 Å². The molecule has 0 aliphatic rings. The minimum atomic E-state index is -0.424. The molecule has 3 aromatic rings. The van der Waals surface area contributed by atoms with Gasteiger partial charge in [0.05, 0.1) is 23.0 Å². The molecule has 0 saturated heterocycles. The number of hydrogen-bond acceptors (Lipinski definition) is 4. The van der Waals surface area contributed by atoms with Crippen molar-refractivity contribution in [3.8, 4) is 17.3 Å². The zero-order valence-electron chi connectivity index (χ0n) is 17.9. The molecule has 0 aliphatic heterocycles. The lowest BCUT2D eigenvalue weighted by atomic mass is 10.1. The first-order valence-electron chi connectivity index (χ1n) is 10.5. The number of aliphatic hydroxyl groups is 1. The van der Waals surface area contributed by atoms with Gasteiger partial charge in [0.2, 0.25) is 5.88 Å². The van der Waals surface area contributed by atoms with Crippen LogP contribution in [0.25, 0.3) is 5.69 Å². The van der Waals surface area contributed by atoms with Crippen molar-refractivity contribution in [2.24, 2.45) is 0 Å². The van der Waals surface area contributed by atoms with Gasteiger partial charge in [-0.1, -0.05) is 32.0 Å². The molecule has 30 heavy (non-hydrogen) atoms. The molecule has 2 aromatic carbocycles. The molecule has 3 rings (SSSR count). The molecule has 6 heteroatoms. The molecule has 0 amide bonds. The highest BCUT2D eigenvalue weighted by Gasteiger charge is 2.23. The fourth-order valence-electron chi connectivity index (χ4n) is 3.53. The van der Waals surface area contributed by atoms with Gasteiger partial charge in [0, 0.05) is 13.1 Å². The predicted molar refractivity (Wildman–Crippen MR) is 117 cm³/mol. The lowest BCUT2D eigenvalue weighted by Crippen LogP contribution is -2.31. The summed E-state index contributed by atoms with van der Waals surface area (Å²) >= 11 is 0. The van der Waals surface area contributed by atoms with E-state index in [0.29, 0.717) is 24.7 Å². The predicted octanol–water partition coefficient (Wildman–Crippen LogP) is 4.96. The Bertz CT molecular complexity index is 924. The zero-order valence-corrected chi connectivity index (χ0v) is 17.9. The van der Waals surface area contributed by atoms with Crippen molar-refractivity contribution in [3.63, 3.8) is 0 Å². The molecule has 0 unspecified atom stereocenters. The Kier molecular flexibility index (Phi) is 7.60. The Labute approximate surface area is 177 Å². The van der Waals surface area contributed by atoms with Gasteiger partial charge in [-0.3, -0.25) is 4.90 Å². The van der Waals surface area contributed by atoms with Crippen molar-refractivity contribution in [2.45, 2.75) is 46.3 Å². The van der Waals surface area contributed by atoms with Crippen LogP contribution in [-0.4, -0.2) is 39.0 Å². The topological polar surface area (TPSA) is 50.5 Å². The smallest absolute Gasteiger partial charge is 0.227 e. The van der Waals surface area contributed by atoms with Crippen LogP contribution in [0.2, 0.25) is 0 Å². The van der Waals surface area contributed by atoms with Crippen LogP contribution in [0, 0.1) is 5.82 Å². The average Bonchev–Trinajstić information content (AvgIpc) is 3.07. The molecule has 0 bridgehead atoms. The van der Waals surface area contributed by atoms with Gasteiger partial charge in [-0.15, -0.1) is 0 Å². The summed E-state index contributed by atoms with van der Waals surface area (Å²) in [6.45, 7) is 8.04. The van der Waals surface area contributed by atoms with Gasteiger partial charge in [0.25, 0.3) is 0 Å². The average molecular weight is 412 g/mol. The number of nitrogens with zero attached hydrogens (tertiary/aromatic N) is 3. The van der Waals surface area contributed by atoms with E-state index in [0.717, 1.165) is 36.3 Å². The third kappa shape index (κ3) is 5.46. The summed E-state index contributed by atoms with van der Waals surface area (Å²) in [6.07, 6.45) is 1.31. The molecule has 1 N–H and O–H groups in total.